The van der Waals surface area contributed by atoms with Crippen molar-refractivity contribution in [2.45, 2.75) is 20.3 Å². The summed E-state index contributed by atoms with van der Waals surface area (Å²) < 4.78 is 5.77. The van der Waals surface area contributed by atoms with Crippen LogP contribution >= 0.6 is 11.6 Å². The Morgan fingerprint density at radius 3 is 2.50 bits per heavy atom. The molecule has 4 heteroatoms. The van der Waals surface area contributed by atoms with Gasteiger partial charge in [-0.2, -0.15) is 0 Å². The lowest BCUT2D eigenvalue weighted by atomic mass is 10.2. The molecular weight excluding hydrogens is 272 g/mol. The van der Waals surface area contributed by atoms with E-state index in [0.717, 1.165) is 23.8 Å². The molecule has 1 saturated heterocycles. The van der Waals surface area contributed by atoms with Crippen LogP contribution in [0, 0.1) is 6.92 Å². The van der Waals surface area contributed by atoms with E-state index >= 15 is 0 Å². The summed E-state index contributed by atoms with van der Waals surface area (Å²) >= 11 is 6.16. The lowest BCUT2D eigenvalue weighted by Gasteiger charge is -2.28. The fourth-order valence-corrected chi connectivity index (χ4v) is 3.08. The molecule has 1 aliphatic heterocycles. The average Bonchev–Trinajstić information content (AvgIpc) is 2.46. The molecule has 0 unspecified atom stereocenters. The summed E-state index contributed by atoms with van der Waals surface area (Å²) in [4.78, 5) is 3.47. The van der Waals surface area contributed by atoms with Gasteiger partial charge < -0.3 is 14.5 Å². The van der Waals surface area contributed by atoms with Crippen LogP contribution in [0.4, 0.5) is 0 Å². The number of quaternary nitrogens is 2. The molecule has 0 saturated carbocycles. The van der Waals surface area contributed by atoms with E-state index in [9.17, 15) is 0 Å². The third-order valence-electron chi connectivity index (χ3n) is 4.18. The summed E-state index contributed by atoms with van der Waals surface area (Å²) in [6, 6.07) is 5.96. The number of hydrogen-bond donors (Lipinski definition) is 2. The van der Waals surface area contributed by atoms with E-state index in [-0.39, 0.29) is 0 Å². The van der Waals surface area contributed by atoms with Gasteiger partial charge in [0.05, 0.1) is 24.7 Å². The van der Waals surface area contributed by atoms with Crippen molar-refractivity contribution < 1.29 is 14.5 Å². The molecular formula is C16H27ClN2O+2. The topological polar surface area (TPSA) is 18.1 Å². The molecule has 0 amide bonds. The molecule has 20 heavy (non-hydrogen) atoms. The lowest BCUT2D eigenvalue weighted by molar-refractivity contribution is -1.01. The molecule has 2 N–H and O–H groups in total. The summed E-state index contributed by atoms with van der Waals surface area (Å²) in [6.45, 7) is 12.8. The highest BCUT2D eigenvalue weighted by Gasteiger charge is 2.20. The molecule has 1 heterocycles. The van der Waals surface area contributed by atoms with E-state index in [1.54, 1.807) is 9.80 Å². The minimum atomic E-state index is 0.720. The molecule has 0 bridgehead atoms. The average molecular weight is 299 g/mol. The maximum atomic E-state index is 6.16. The second kappa shape index (κ2) is 7.87. The van der Waals surface area contributed by atoms with Crippen molar-refractivity contribution in [2.24, 2.45) is 0 Å². The Morgan fingerprint density at radius 1 is 1.15 bits per heavy atom. The summed E-state index contributed by atoms with van der Waals surface area (Å²) in [5, 5.41) is 0.720. The van der Waals surface area contributed by atoms with E-state index < -0.39 is 0 Å². The summed E-state index contributed by atoms with van der Waals surface area (Å²) in [5.74, 6) is 0.813. The third-order valence-corrected chi connectivity index (χ3v) is 4.48. The number of halogens is 1. The fourth-order valence-electron chi connectivity index (χ4n) is 2.79. The van der Waals surface area contributed by atoms with Crippen LogP contribution in [0.25, 0.3) is 0 Å². The van der Waals surface area contributed by atoms with Gasteiger partial charge in [0.25, 0.3) is 0 Å². The monoisotopic (exact) mass is 298 g/mol. The van der Waals surface area contributed by atoms with Gasteiger partial charge in [-0.05, 0) is 31.5 Å². The number of rotatable bonds is 6. The van der Waals surface area contributed by atoms with Gasteiger partial charge in [-0.25, -0.2) is 0 Å². The minimum absolute atomic E-state index is 0.720. The number of nitrogens with one attached hydrogen (secondary N) is 2. The van der Waals surface area contributed by atoms with E-state index in [1.807, 2.05) is 25.1 Å². The summed E-state index contributed by atoms with van der Waals surface area (Å²) in [7, 11) is 0. The first-order valence-corrected chi connectivity index (χ1v) is 8.13. The number of benzene rings is 1. The first kappa shape index (κ1) is 15.6. The van der Waals surface area contributed by atoms with Crippen LogP contribution in [0.1, 0.15) is 18.9 Å². The van der Waals surface area contributed by atoms with Gasteiger partial charge in [-0.15, -0.1) is 0 Å². The highest BCUT2D eigenvalue weighted by Crippen LogP contribution is 2.24. The van der Waals surface area contributed by atoms with Crippen molar-refractivity contribution >= 4 is 11.6 Å². The molecule has 112 valence electrons. The molecule has 0 radical (unpaired) electrons. The van der Waals surface area contributed by atoms with Gasteiger partial charge in [0.2, 0.25) is 0 Å². The Labute approximate surface area is 127 Å². The molecule has 2 rings (SSSR count). The highest BCUT2D eigenvalue weighted by atomic mass is 35.5. The first-order valence-electron chi connectivity index (χ1n) is 7.75. The number of hydrogen-bond acceptors (Lipinski definition) is 1. The molecule has 0 aromatic heterocycles. The van der Waals surface area contributed by atoms with E-state index in [0.29, 0.717) is 0 Å². The zero-order chi connectivity index (χ0) is 14.4. The van der Waals surface area contributed by atoms with Gasteiger partial charge in [0.1, 0.15) is 31.9 Å². The molecule has 0 aliphatic carbocycles. The maximum Gasteiger partial charge on any atom is 0.137 e. The molecule has 1 fully saturated rings. The van der Waals surface area contributed by atoms with Gasteiger partial charge in [-0.1, -0.05) is 17.7 Å². The van der Waals surface area contributed by atoms with Crippen LogP contribution in [0.5, 0.6) is 5.75 Å². The Bertz CT molecular complexity index is 417. The Balaban J connectivity index is 1.64. The second-order valence-corrected chi connectivity index (χ2v) is 6.15. The van der Waals surface area contributed by atoms with Crippen LogP contribution in [0.15, 0.2) is 18.2 Å². The number of piperazine rings is 1. The van der Waals surface area contributed by atoms with Gasteiger partial charge in [0.15, 0.2) is 0 Å². The first-order chi connectivity index (χ1) is 9.69. The lowest BCUT2D eigenvalue weighted by Crippen LogP contribution is -3.28. The maximum absolute atomic E-state index is 6.16. The highest BCUT2D eigenvalue weighted by molar-refractivity contribution is 6.32. The number of likely N-dealkylation sites (N-methyl/N-ethyl adjacent to an activating group) is 1. The Kier molecular flexibility index (Phi) is 6.14. The Morgan fingerprint density at radius 2 is 1.85 bits per heavy atom. The predicted octanol–water partition coefficient (Wildman–Crippen LogP) is 0.221. The minimum Gasteiger partial charge on any atom is -0.492 e. The van der Waals surface area contributed by atoms with Crippen molar-refractivity contribution in [1.29, 1.82) is 0 Å². The predicted molar refractivity (Wildman–Crippen MR) is 83.1 cm³/mol. The van der Waals surface area contributed by atoms with E-state index in [4.69, 9.17) is 16.3 Å². The molecule has 1 aromatic carbocycles. The quantitative estimate of drug-likeness (QED) is 0.719. The van der Waals surface area contributed by atoms with Crippen LogP contribution in [-0.4, -0.2) is 45.9 Å². The van der Waals surface area contributed by atoms with Crippen molar-refractivity contribution in [3.63, 3.8) is 0 Å². The number of aryl methyl sites for hydroxylation is 1. The smallest absolute Gasteiger partial charge is 0.137 e. The van der Waals surface area contributed by atoms with E-state index in [2.05, 4.69) is 6.92 Å². The molecule has 0 atom stereocenters. The summed E-state index contributed by atoms with van der Waals surface area (Å²) in [5.41, 5.74) is 1.17. The molecule has 0 spiro atoms. The van der Waals surface area contributed by atoms with Crippen molar-refractivity contribution in [3.8, 4) is 5.75 Å². The van der Waals surface area contributed by atoms with Crippen molar-refractivity contribution in [3.05, 3.63) is 28.8 Å². The van der Waals surface area contributed by atoms with Crippen LogP contribution < -0.4 is 14.5 Å². The standard InChI is InChI=1S/C16H25ClN2O/c1-3-18-8-10-19(11-9-18)7-4-12-20-16-6-5-14(2)13-15(16)17/h5-6,13H,3-4,7-12H2,1-2H3/p+2. The van der Waals surface area contributed by atoms with Gasteiger partial charge >= 0.3 is 0 Å². The van der Waals surface area contributed by atoms with Crippen molar-refractivity contribution in [1.82, 2.24) is 0 Å². The fraction of sp³-hybridized carbons (Fsp3) is 0.625. The molecule has 3 nitrogen and oxygen atoms in total. The zero-order valence-electron chi connectivity index (χ0n) is 12.7. The number of ether oxygens (including phenoxy) is 1. The third kappa shape index (κ3) is 4.65. The van der Waals surface area contributed by atoms with Crippen LogP contribution in [0.3, 0.4) is 0 Å². The largest absolute Gasteiger partial charge is 0.492 e. The van der Waals surface area contributed by atoms with Crippen LogP contribution in [-0.2, 0) is 0 Å². The SMILES string of the molecule is CC[NH+]1CC[NH+](CCCOc2ccc(C)cc2Cl)CC1. The molecule has 1 aliphatic rings. The van der Waals surface area contributed by atoms with E-state index in [1.165, 1.54) is 44.8 Å². The van der Waals surface area contributed by atoms with Crippen molar-refractivity contribution in [2.75, 3.05) is 45.9 Å². The van der Waals surface area contributed by atoms with Gasteiger partial charge in [-0.3, -0.25) is 0 Å². The van der Waals surface area contributed by atoms with Crippen LogP contribution in [0.2, 0.25) is 5.02 Å². The zero-order valence-corrected chi connectivity index (χ0v) is 13.4. The van der Waals surface area contributed by atoms with Gasteiger partial charge in [0, 0.05) is 6.42 Å². The second-order valence-electron chi connectivity index (χ2n) is 5.74. The normalized spacial score (nSPS) is 22.8. The Hall–Kier alpha value is -0.770. The molecule has 1 aromatic rings. The summed E-state index contributed by atoms with van der Waals surface area (Å²) in [6.07, 6.45) is 1.10.